The van der Waals surface area contributed by atoms with Gasteiger partial charge in [-0.15, -0.1) is 17.9 Å². The largest absolute Gasteiger partial charge is 0.342 e. The number of halogens is 1. The third-order valence-corrected chi connectivity index (χ3v) is 3.85. The van der Waals surface area contributed by atoms with E-state index in [0.717, 1.165) is 27.8 Å². The van der Waals surface area contributed by atoms with Crippen LogP contribution < -0.4 is 0 Å². The Balaban J connectivity index is 2.49. The summed E-state index contributed by atoms with van der Waals surface area (Å²) in [4.78, 5) is 13.6. The van der Waals surface area contributed by atoms with Crippen molar-refractivity contribution >= 4 is 39.8 Å². The van der Waals surface area contributed by atoms with Gasteiger partial charge in [-0.3, -0.25) is 4.79 Å². The molecule has 0 aliphatic carbocycles. The lowest BCUT2D eigenvalue weighted by molar-refractivity contribution is 0.0794. The summed E-state index contributed by atoms with van der Waals surface area (Å²) in [6.45, 7) is 4.45. The zero-order valence-electron chi connectivity index (χ0n) is 8.70. The van der Waals surface area contributed by atoms with Crippen LogP contribution >= 0.6 is 33.9 Å². The number of hydrogen-bond acceptors (Lipinski definition) is 2. The normalized spacial score (nSPS) is 10.0. The van der Waals surface area contributed by atoms with Crippen molar-refractivity contribution < 1.29 is 4.79 Å². The molecular formula is C11H14INOS. The van der Waals surface area contributed by atoms with E-state index in [0.29, 0.717) is 0 Å². The molecule has 1 heterocycles. The number of nitrogens with zero attached hydrogens (tertiary/aromatic N) is 1. The standard InChI is InChI=1S/C11H14INOS/c1-3-4-5-6-13(2)11(14)9-7-10(12)15-8-9/h3,7-8H,1,4-6H2,2H3. The summed E-state index contributed by atoms with van der Waals surface area (Å²) in [5.74, 6) is 0.109. The first-order chi connectivity index (χ1) is 7.15. The summed E-state index contributed by atoms with van der Waals surface area (Å²) < 4.78 is 1.15. The van der Waals surface area contributed by atoms with E-state index in [9.17, 15) is 4.79 Å². The van der Waals surface area contributed by atoms with Crippen molar-refractivity contribution in [3.8, 4) is 0 Å². The molecule has 0 saturated heterocycles. The number of carbonyl (C=O) groups is 1. The van der Waals surface area contributed by atoms with E-state index in [1.165, 1.54) is 0 Å². The second-order valence-electron chi connectivity index (χ2n) is 3.30. The van der Waals surface area contributed by atoms with Crippen LogP contribution in [0.1, 0.15) is 23.2 Å². The van der Waals surface area contributed by atoms with Crippen LogP contribution in [0.25, 0.3) is 0 Å². The van der Waals surface area contributed by atoms with Crippen LogP contribution in [-0.2, 0) is 0 Å². The zero-order valence-corrected chi connectivity index (χ0v) is 11.7. The van der Waals surface area contributed by atoms with Crippen LogP contribution in [0.15, 0.2) is 24.1 Å². The highest BCUT2D eigenvalue weighted by Crippen LogP contribution is 2.17. The molecule has 0 spiro atoms. The van der Waals surface area contributed by atoms with Gasteiger partial charge in [-0.05, 0) is 41.5 Å². The summed E-state index contributed by atoms with van der Waals surface area (Å²) >= 11 is 3.83. The van der Waals surface area contributed by atoms with E-state index in [2.05, 4.69) is 29.2 Å². The predicted molar refractivity (Wildman–Crippen MR) is 73.4 cm³/mol. The van der Waals surface area contributed by atoms with Crippen LogP contribution in [0.3, 0.4) is 0 Å². The number of unbranched alkanes of at least 4 members (excludes halogenated alkanes) is 1. The maximum Gasteiger partial charge on any atom is 0.254 e. The van der Waals surface area contributed by atoms with E-state index in [4.69, 9.17) is 0 Å². The highest BCUT2D eigenvalue weighted by atomic mass is 127. The molecule has 1 amide bonds. The van der Waals surface area contributed by atoms with Gasteiger partial charge in [0.2, 0.25) is 0 Å². The Bertz CT molecular complexity index is 348. The molecule has 82 valence electrons. The molecule has 1 aromatic heterocycles. The average molecular weight is 335 g/mol. The number of rotatable bonds is 5. The van der Waals surface area contributed by atoms with Gasteiger partial charge in [0.25, 0.3) is 5.91 Å². The first-order valence-electron chi connectivity index (χ1n) is 4.75. The summed E-state index contributed by atoms with van der Waals surface area (Å²) in [5.41, 5.74) is 0.797. The Morgan fingerprint density at radius 3 is 3.00 bits per heavy atom. The molecule has 0 aliphatic rings. The van der Waals surface area contributed by atoms with E-state index in [1.54, 1.807) is 16.2 Å². The van der Waals surface area contributed by atoms with Crippen molar-refractivity contribution in [2.24, 2.45) is 0 Å². The van der Waals surface area contributed by atoms with Crippen molar-refractivity contribution in [1.82, 2.24) is 4.90 Å². The summed E-state index contributed by atoms with van der Waals surface area (Å²) in [7, 11) is 1.84. The highest BCUT2D eigenvalue weighted by Gasteiger charge is 2.12. The van der Waals surface area contributed by atoms with Crippen molar-refractivity contribution in [2.75, 3.05) is 13.6 Å². The molecule has 0 saturated carbocycles. The quantitative estimate of drug-likeness (QED) is 0.459. The fourth-order valence-electron chi connectivity index (χ4n) is 1.22. The van der Waals surface area contributed by atoms with Crippen molar-refractivity contribution in [2.45, 2.75) is 12.8 Å². The van der Waals surface area contributed by atoms with Crippen LogP contribution in [0.2, 0.25) is 0 Å². The molecule has 15 heavy (non-hydrogen) atoms. The lowest BCUT2D eigenvalue weighted by Gasteiger charge is -2.15. The van der Waals surface area contributed by atoms with Gasteiger partial charge in [-0.2, -0.15) is 0 Å². The molecule has 4 heteroatoms. The minimum atomic E-state index is 0.109. The van der Waals surface area contributed by atoms with E-state index in [-0.39, 0.29) is 5.91 Å². The molecule has 0 unspecified atom stereocenters. The summed E-state index contributed by atoms with van der Waals surface area (Å²) in [5, 5.41) is 1.91. The summed E-state index contributed by atoms with van der Waals surface area (Å²) in [6, 6.07) is 1.93. The first kappa shape index (κ1) is 12.7. The Hall–Kier alpha value is -0.360. The fraction of sp³-hybridized carbons (Fsp3) is 0.364. The second-order valence-corrected chi connectivity index (χ2v) is 6.10. The molecule has 0 bridgehead atoms. The number of carbonyl (C=O) groups excluding carboxylic acids is 1. The Morgan fingerprint density at radius 2 is 2.47 bits per heavy atom. The lowest BCUT2D eigenvalue weighted by Crippen LogP contribution is -2.27. The highest BCUT2D eigenvalue weighted by molar-refractivity contribution is 14.1. The van der Waals surface area contributed by atoms with Gasteiger partial charge in [0.05, 0.1) is 8.45 Å². The maximum absolute atomic E-state index is 11.9. The topological polar surface area (TPSA) is 20.3 Å². The van der Waals surface area contributed by atoms with Gasteiger partial charge in [-0.25, -0.2) is 0 Å². The van der Waals surface area contributed by atoms with Gasteiger partial charge in [0.1, 0.15) is 0 Å². The van der Waals surface area contributed by atoms with Crippen molar-refractivity contribution in [3.05, 3.63) is 32.5 Å². The van der Waals surface area contributed by atoms with Gasteiger partial charge in [0.15, 0.2) is 0 Å². The van der Waals surface area contributed by atoms with Crippen LogP contribution in [0.5, 0.6) is 0 Å². The second kappa shape index (κ2) is 6.27. The monoisotopic (exact) mass is 335 g/mol. The van der Waals surface area contributed by atoms with Crippen LogP contribution in [-0.4, -0.2) is 24.4 Å². The third kappa shape index (κ3) is 3.95. The molecule has 0 radical (unpaired) electrons. The predicted octanol–water partition coefficient (Wildman–Crippen LogP) is 3.39. The van der Waals surface area contributed by atoms with E-state index in [1.807, 2.05) is 24.6 Å². The molecule has 0 aliphatic heterocycles. The minimum Gasteiger partial charge on any atom is -0.342 e. The smallest absolute Gasteiger partial charge is 0.254 e. The molecular weight excluding hydrogens is 321 g/mol. The van der Waals surface area contributed by atoms with E-state index >= 15 is 0 Å². The molecule has 1 rings (SSSR count). The van der Waals surface area contributed by atoms with Crippen LogP contribution in [0.4, 0.5) is 0 Å². The van der Waals surface area contributed by atoms with Gasteiger partial charge in [-0.1, -0.05) is 6.08 Å². The number of hydrogen-bond donors (Lipinski definition) is 0. The Morgan fingerprint density at radius 1 is 1.73 bits per heavy atom. The Labute approximate surface area is 108 Å². The van der Waals surface area contributed by atoms with Crippen molar-refractivity contribution in [3.63, 3.8) is 0 Å². The molecule has 0 aromatic carbocycles. The average Bonchev–Trinajstić information content (AvgIpc) is 2.64. The third-order valence-electron chi connectivity index (χ3n) is 2.06. The van der Waals surface area contributed by atoms with Gasteiger partial charge < -0.3 is 4.90 Å². The van der Waals surface area contributed by atoms with Gasteiger partial charge >= 0.3 is 0 Å². The summed E-state index contributed by atoms with van der Waals surface area (Å²) in [6.07, 6.45) is 3.82. The van der Waals surface area contributed by atoms with Crippen molar-refractivity contribution in [1.29, 1.82) is 0 Å². The van der Waals surface area contributed by atoms with E-state index < -0.39 is 0 Å². The Kier molecular flexibility index (Phi) is 5.31. The van der Waals surface area contributed by atoms with Crippen LogP contribution in [0, 0.1) is 2.88 Å². The fourth-order valence-corrected chi connectivity index (χ4v) is 2.54. The minimum absolute atomic E-state index is 0.109. The zero-order chi connectivity index (χ0) is 11.3. The maximum atomic E-state index is 11.9. The molecule has 0 atom stereocenters. The molecule has 0 N–H and O–H groups in total. The first-order valence-corrected chi connectivity index (χ1v) is 6.71. The number of allylic oxidation sites excluding steroid dienone is 1. The molecule has 1 aromatic rings. The number of amides is 1. The molecule has 0 fully saturated rings. The molecule has 2 nitrogen and oxygen atoms in total. The lowest BCUT2D eigenvalue weighted by atomic mass is 10.2. The number of thiophene rings is 1. The van der Waals surface area contributed by atoms with Gasteiger partial charge in [0, 0.05) is 19.0 Å². The SMILES string of the molecule is C=CCCCN(C)C(=O)c1csc(I)c1.